The molecule has 3 aromatic heterocycles. The van der Waals surface area contributed by atoms with E-state index in [-0.39, 0.29) is 5.91 Å². The summed E-state index contributed by atoms with van der Waals surface area (Å²) in [5.74, 6) is 1.06. The molecule has 3 heterocycles. The molecule has 0 aromatic carbocycles. The Labute approximate surface area is 139 Å². The molecular formula is C17H16N6O. The van der Waals surface area contributed by atoms with Crippen LogP contribution in [0.5, 0.6) is 0 Å². The number of anilines is 1. The third kappa shape index (κ3) is 3.70. The molecule has 0 fully saturated rings. The van der Waals surface area contributed by atoms with Crippen molar-refractivity contribution in [1.82, 2.24) is 25.3 Å². The summed E-state index contributed by atoms with van der Waals surface area (Å²) in [4.78, 5) is 29.0. The van der Waals surface area contributed by atoms with Crippen molar-refractivity contribution in [1.29, 1.82) is 0 Å². The Morgan fingerprint density at radius 3 is 2.62 bits per heavy atom. The van der Waals surface area contributed by atoms with Crippen molar-refractivity contribution in [2.45, 2.75) is 6.54 Å². The highest BCUT2D eigenvalue weighted by Crippen LogP contribution is 2.16. The van der Waals surface area contributed by atoms with Gasteiger partial charge < -0.3 is 10.6 Å². The van der Waals surface area contributed by atoms with Crippen LogP contribution in [-0.4, -0.2) is 32.9 Å². The van der Waals surface area contributed by atoms with Crippen molar-refractivity contribution in [3.63, 3.8) is 0 Å². The average Bonchev–Trinajstić information content (AvgIpc) is 2.67. The fraction of sp³-hybridized carbons (Fsp3) is 0.118. The molecule has 24 heavy (non-hydrogen) atoms. The largest absolute Gasteiger partial charge is 0.373 e. The summed E-state index contributed by atoms with van der Waals surface area (Å²) in [5.41, 5.74) is 2.08. The van der Waals surface area contributed by atoms with Crippen molar-refractivity contribution < 1.29 is 4.79 Å². The molecule has 3 aromatic rings. The lowest BCUT2D eigenvalue weighted by Crippen LogP contribution is -2.23. The fourth-order valence-corrected chi connectivity index (χ4v) is 2.12. The summed E-state index contributed by atoms with van der Waals surface area (Å²) in [6.07, 6.45) is 6.56. The Morgan fingerprint density at radius 1 is 1.08 bits per heavy atom. The molecule has 0 unspecified atom stereocenters. The van der Waals surface area contributed by atoms with E-state index in [1.54, 1.807) is 50.0 Å². The van der Waals surface area contributed by atoms with Crippen LogP contribution in [0.15, 0.2) is 55.1 Å². The van der Waals surface area contributed by atoms with Crippen LogP contribution in [0.2, 0.25) is 0 Å². The zero-order valence-electron chi connectivity index (χ0n) is 13.1. The molecule has 0 atom stereocenters. The van der Waals surface area contributed by atoms with Crippen molar-refractivity contribution in [3.05, 3.63) is 66.4 Å². The standard InChI is InChI=1S/C17H16N6O/c1-18-15-9-14(11-21-17(24)12-4-7-19-8-5-12)22-16(23-15)13-3-2-6-20-10-13/h2-10H,11H2,1H3,(H,21,24)(H,18,22,23). The Bertz CT molecular complexity index is 823. The van der Waals surface area contributed by atoms with Gasteiger partial charge in [-0.1, -0.05) is 0 Å². The van der Waals surface area contributed by atoms with Crippen molar-refractivity contribution in [2.24, 2.45) is 0 Å². The molecule has 1 amide bonds. The molecule has 7 heteroatoms. The van der Waals surface area contributed by atoms with Crippen LogP contribution in [-0.2, 0) is 6.54 Å². The molecule has 0 aliphatic heterocycles. The highest BCUT2D eigenvalue weighted by molar-refractivity contribution is 5.93. The average molecular weight is 320 g/mol. The summed E-state index contributed by atoms with van der Waals surface area (Å²) < 4.78 is 0. The topological polar surface area (TPSA) is 92.7 Å². The SMILES string of the molecule is CNc1cc(CNC(=O)c2ccncc2)nc(-c2cccnc2)n1. The summed E-state index contributed by atoms with van der Waals surface area (Å²) in [5, 5.41) is 5.85. The summed E-state index contributed by atoms with van der Waals surface area (Å²) in [6.45, 7) is 0.297. The number of nitrogens with zero attached hydrogens (tertiary/aromatic N) is 4. The van der Waals surface area contributed by atoms with Crippen LogP contribution in [0.3, 0.4) is 0 Å². The first-order valence-electron chi connectivity index (χ1n) is 7.40. The maximum Gasteiger partial charge on any atom is 0.251 e. The highest BCUT2D eigenvalue weighted by Gasteiger charge is 2.09. The molecule has 0 saturated heterocycles. The van der Waals surface area contributed by atoms with Gasteiger partial charge in [0.1, 0.15) is 5.82 Å². The number of carbonyl (C=O) groups excluding carboxylic acids is 1. The molecule has 0 spiro atoms. The lowest BCUT2D eigenvalue weighted by molar-refractivity contribution is 0.0950. The molecule has 0 bridgehead atoms. The van der Waals surface area contributed by atoms with Gasteiger partial charge in [-0.15, -0.1) is 0 Å². The number of hydrogen-bond donors (Lipinski definition) is 2. The van der Waals surface area contributed by atoms with E-state index in [0.29, 0.717) is 29.4 Å². The van der Waals surface area contributed by atoms with E-state index in [2.05, 4.69) is 30.6 Å². The number of carbonyl (C=O) groups is 1. The van der Waals surface area contributed by atoms with Crippen LogP contribution in [0.1, 0.15) is 16.1 Å². The number of hydrogen-bond acceptors (Lipinski definition) is 6. The zero-order chi connectivity index (χ0) is 16.8. The molecule has 2 N–H and O–H groups in total. The second-order valence-electron chi connectivity index (χ2n) is 4.98. The third-order valence-electron chi connectivity index (χ3n) is 3.33. The molecule has 0 aliphatic carbocycles. The predicted molar refractivity (Wildman–Crippen MR) is 90.2 cm³/mol. The van der Waals surface area contributed by atoms with E-state index in [4.69, 9.17) is 0 Å². The summed E-state index contributed by atoms with van der Waals surface area (Å²) in [6, 6.07) is 8.84. The fourth-order valence-electron chi connectivity index (χ4n) is 2.12. The van der Waals surface area contributed by atoms with E-state index >= 15 is 0 Å². The molecule has 0 radical (unpaired) electrons. The van der Waals surface area contributed by atoms with E-state index in [1.807, 2.05) is 12.1 Å². The van der Waals surface area contributed by atoms with Gasteiger partial charge in [-0.05, 0) is 24.3 Å². The van der Waals surface area contributed by atoms with Crippen molar-refractivity contribution in [2.75, 3.05) is 12.4 Å². The number of rotatable bonds is 5. The number of pyridine rings is 2. The first-order chi connectivity index (χ1) is 11.8. The Morgan fingerprint density at radius 2 is 1.92 bits per heavy atom. The first-order valence-corrected chi connectivity index (χ1v) is 7.40. The van der Waals surface area contributed by atoms with Gasteiger partial charge in [-0.25, -0.2) is 9.97 Å². The van der Waals surface area contributed by atoms with Gasteiger partial charge in [0.2, 0.25) is 0 Å². The van der Waals surface area contributed by atoms with Gasteiger partial charge in [0.15, 0.2) is 5.82 Å². The number of nitrogens with one attached hydrogen (secondary N) is 2. The van der Waals surface area contributed by atoms with E-state index in [0.717, 1.165) is 5.56 Å². The van der Waals surface area contributed by atoms with Gasteiger partial charge in [0, 0.05) is 49.0 Å². The maximum absolute atomic E-state index is 12.1. The van der Waals surface area contributed by atoms with E-state index in [1.165, 1.54) is 0 Å². The van der Waals surface area contributed by atoms with Crippen LogP contribution in [0.4, 0.5) is 5.82 Å². The van der Waals surface area contributed by atoms with Gasteiger partial charge in [0.25, 0.3) is 5.91 Å². The van der Waals surface area contributed by atoms with Crippen LogP contribution < -0.4 is 10.6 Å². The maximum atomic E-state index is 12.1. The lowest BCUT2D eigenvalue weighted by atomic mass is 10.2. The molecular weight excluding hydrogens is 304 g/mol. The molecule has 120 valence electrons. The Hall–Kier alpha value is -3.35. The second-order valence-corrected chi connectivity index (χ2v) is 4.98. The van der Waals surface area contributed by atoms with Gasteiger partial charge in [0.05, 0.1) is 12.2 Å². The Balaban J connectivity index is 1.79. The number of amides is 1. The van der Waals surface area contributed by atoms with Crippen LogP contribution in [0, 0.1) is 0 Å². The van der Waals surface area contributed by atoms with Gasteiger partial charge in [-0.3, -0.25) is 14.8 Å². The molecule has 3 rings (SSSR count). The van der Waals surface area contributed by atoms with E-state index in [9.17, 15) is 4.79 Å². The minimum Gasteiger partial charge on any atom is -0.373 e. The molecule has 7 nitrogen and oxygen atoms in total. The molecule has 0 saturated carbocycles. The summed E-state index contributed by atoms with van der Waals surface area (Å²) in [7, 11) is 1.79. The van der Waals surface area contributed by atoms with Crippen LogP contribution >= 0.6 is 0 Å². The predicted octanol–water partition coefficient (Wildman–Crippen LogP) is 1.91. The van der Waals surface area contributed by atoms with Gasteiger partial charge >= 0.3 is 0 Å². The minimum absolute atomic E-state index is 0.176. The zero-order valence-corrected chi connectivity index (χ0v) is 13.1. The minimum atomic E-state index is -0.176. The Kier molecular flexibility index (Phi) is 4.71. The summed E-state index contributed by atoms with van der Waals surface area (Å²) >= 11 is 0. The van der Waals surface area contributed by atoms with E-state index < -0.39 is 0 Å². The first kappa shape index (κ1) is 15.5. The van der Waals surface area contributed by atoms with Gasteiger partial charge in [-0.2, -0.15) is 0 Å². The quantitative estimate of drug-likeness (QED) is 0.746. The lowest BCUT2D eigenvalue weighted by Gasteiger charge is -2.09. The monoisotopic (exact) mass is 320 g/mol. The number of aromatic nitrogens is 4. The smallest absolute Gasteiger partial charge is 0.251 e. The van der Waals surface area contributed by atoms with Crippen molar-refractivity contribution >= 4 is 11.7 Å². The van der Waals surface area contributed by atoms with Crippen molar-refractivity contribution in [3.8, 4) is 11.4 Å². The van der Waals surface area contributed by atoms with Crippen LogP contribution in [0.25, 0.3) is 11.4 Å². The normalized spacial score (nSPS) is 10.2. The highest BCUT2D eigenvalue weighted by atomic mass is 16.1. The third-order valence-corrected chi connectivity index (χ3v) is 3.33. The molecule has 0 aliphatic rings. The second kappa shape index (κ2) is 7.28.